The van der Waals surface area contributed by atoms with E-state index in [1.165, 1.54) is 6.08 Å². The SMILES string of the molecule is CCc1cc(/C=C/C(=O)O)ccc1N1C(=O)COCC1=O. The number of carbonyl (C=O) groups excluding carboxylic acids is 2. The van der Waals surface area contributed by atoms with Crippen molar-refractivity contribution in [1.29, 1.82) is 0 Å². The average molecular weight is 289 g/mol. The Morgan fingerprint density at radius 3 is 2.57 bits per heavy atom. The Morgan fingerprint density at radius 1 is 1.33 bits per heavy atom. The maximum atomic E-state index is 11.9. The standard InChI is InChI=1S/C15H15NO5/c1-2-11-7-10(4-6-15(19)20)3-5-12(11)16-13(17)8-21-9-14(16)18/h3-7H,2,8-9H2,1H3,(H,19,20)/b6-4+. The van der Waals surface area contributed by atoms with Gasteiger partial charge in [-0.1, -0.05) is 13.0 Å². The number of carboxylic acids is 1. The van der Waals surface area contributed by atoms with Gasteiger partial charge in [0.2, 0.25) is 0 Å². The van der Waals surface area contributed by atoms with Crippen LogP contribution in [0.1, 0.15) is 18.1 Å². The fourth-order valence-corrected chi connectivity index (χ4v) is 2.14. The maximum Gasteiger partial charge on any atom is 0.328 e. The zero-order chi connectivity index (χ0) is 15.4. The van der Waals surface area contributed by atoms with Crippen molar-refractivity contribution in [3.05, 3.63) is 35.4 Å². The smallest absolute Gasteiger partial charge is 0.328 e. The molecule has 0 bridgehead atoms. The molecular formula is C15H15NO5. The summed E-state index contributed by atoms with van der Waals surface area (Å²) in [7, 11) is 0. The molecule has 1 aromatic carbocycles. The van der Waals surface area contributed by atoms with E-state index >= 15 is 0 Å². The molecule has 0 radical (unpaired) electrons. The fourth-order valence-electron chi connectivity index (χ4n) is 2.14. The summed E-state index contributed by atoms with van der Waals surface area (Å²) in [6, 6.07) is 5.09. The molecule has 0 unspecified atom stereocenters. The number of aliphatic carboxylic acids is 1. The Hall–Kier alpha value is -2.47. The number of amides is 2. The van der Waals surface area contributed by atoms with Crippen molar-refractivity contribution >= 4 is 29.5 Å². The van der Waals surface area contributed by atoms with E-state index in [4.69, 9.17) is 9.84 Å². The molecule has 110 valence electrons. The summed E-state index contributed by atoms with van der Waals surface area (Å²) in [5, 5.41) is 8.63. The number of rotatable bonds is 4. The minimum Gasteiger partial charge on any atom is -0.478 e. The number of hydrogen-bond acceptors (Lipinski definition) is 4. The summed E-state index contributed by atoms with van der Waals surface area (Å²) < 4.78 is 4.89. The zero-order valence-electron chi connectivity index (χ0n) is 11.5. The van der Waals surface area contributed by atoms with Crippen LogP contribution in [0.5, 0.6) is 0 Å². The van der Waals surface area contributed by atoms with Crippen LogP contribution in [0.3, 0.4) is 0 Å². The molecule has 1 fully saturated rings. The van der Waals surface area contributed by atoms with Crippen molar-refractivity contribution in [2.24, 2.45) is 0 Å². The van der Waals surface area contributed by atoms with Crippen LogP contribution >= 0.6 is 0 Å². The number of morpholine rings is 1. The summed E-state index contributed by atoms with van der Waals surface area (Å²) in [4.78, 5) is 35.4. The Labute approximate surface area is 121 Å². The van der Waals surface area contributed by atoms with E-state index < -0.39 is 17.8 Å². The van der Waals surface area contributed by atoms with E-state index in [1.807, 2.05) is 6.92 Å². The van der Waals surface area contributed by atoms with Crippen LogP contribution in [-0.2, 0) is 25.5 Å². The average Bonchev–Trinajstić information content (AvgIpc) is 2.45. The first-order valence-electron chi connectivity index (χ1n) is 6.50. The number of carboxylic acid groups (broad SMARTS) is 1. The number of anilines is 1. The normalized spacial score (nSPS) is 15.8. The second kappa shape index (κ2) is 6.32. The van der Waals surface area contributed by atoms with E-state index in [1.54, 1.807) is 18.2 Å². The second-order valence-corrected chi connectivity index (χ2v) is 4.53. The molecule has 1 aromatic rings. The van der Waals surface area contributed by atoms with E-state index in [9.17, 15) is 14.4 Å². The van der Waals surface area contributed by atoms with Gasteiger partial charge in [0.05, 0.1) is 5.69 Å². The van der Waals surface area contributed by atoms with E-state index in [0.717, 1.165) is 16.5 Å². The van der Waals surface area contributed by atoms with Crippen molar-refractivity contribution in [2.45, 2.75) is 13.3 Å². The van der Waals surface area contributed by atoms with Gasteiger partial charge in [-0.2, -0.15) is 0 Å². The van der Waals surface area contributed by atoms with Crippen molar-refractivity contribution in [3.63, 3.8) is 0 Å². The summed E-state index contributed by atoms with van der Waals surface area (Å²) in [6.07, 6.45) is 3.12. The lowest BCUT2D eigenvalue weighted by molar-refractivity contribution is -0.138. The molecule has 0 atom stereocenters. The van der Waals surface area contributed by atoms with Gasteiger partial charge >= 0.3 is 5.97 Å². The molecule has 6 nitrogen and oxygen atoms in total. The summed E-state index contributed by atoms with van der Waals surface area (Å²) in [5.41, 5.74) is 2.03. The Bertz CT molecular complexity index is 604. The molecule has 0 aliphatic carbocycles. The van der Waals surface area contributed by atoms with Gasteiger partial charge in [0.25, 0.3) is 11.8 Å². The summed E-state index contributed by atoms with van der Waals surface area (Å²) >= 11 is 0. The first kappa shape index (κ1) is 14.9. The topological polar surface area (TPSA) is 83.9 Å². The van der Waals surface area contributed by atoms with Crippen molar-refractivity contribution < 1.29 is 24.2 Å². The van der Waals surface area contributed by atoms with Crippen LogP contribution in [0.2, 0.25) is 0 Å². The highest BCUT2D eigenvalue weighted by Gasteiger charge is 2.29. The third-order valence-corrected chi connectivity index (χ3v) is 3.09. The quantitative estimate of drug-likeness (QED) is 0.666. The molecule has 21 heavy (non-hydrogen) atoms. The lowest BCUT2D eigenvalue weighted by atomic mass is 10.0. The first-order chi connectivity index (χ1) is 10.0. The van der Waals surface area contributed by atoms with E-state index in [2.05, 4.69) is 0 Å². The lowest BCUT2D eigenvalue weighted by Crippen LogP contribution is -2.46. The molecule has 0 aromatic heterocycles. The maximum absolute atomic E-state index is 11.9. The minimum absolute atomic E-state index is 0.116. The van der Waals surface area contributed by atoms with Crippen molar-refractivity contribution in [1.82, 2.24) is 0 Å². The zero-order valence-corrected chi connectivity index (χ0v) is 11.5. The highest BCUT2D eigenvalue weighted by Crippen LogP contribution is 2.25. The van der Waals surface area contributed by atoms with Crippen LogP contribution in [0.25, 0.3) is 6.08 Å². The number of benzene rings is 1. The second-order valence-electron chi connectivity index (χ2n) is 4.53. The number of ether oxygens (including phenoxy) is 1. The van der Waals surface area contributed by atoms with Gasteiger partial charge in [0, 0.05) is 6.08 Å². The predicted molar refractivity (Wildman–Crippen MR) is 75.8 cm³/mol. The highest BCUT2D eigenvalue weighted by molar-refractivity contribution is 6.17. The molecule has 1 heterocycles. The molecule has 1 saturated heterocycles. The molecule has 0 spiro atoms. The van der Waals surface area contributed by atoms with Gasteiger partial charge in [0.15, 0.2) is 0 Å². The first-order valence-corrected chi connectivity index (χ1v) is 6.50. The fraction of sp³-hybridized carbons (Fsp3) is 0.267. The predicted octanol–water partition coefficient (Wildman–Crippen LogP) is 1.24. The van der Waals surface area contributed by atoms with Crippen LogP contribution < -0.4 is 4.90 Å². The highest BCUT2D eigenvalue weighted by atomic mass is 16.5. The third-order valence-electron chi connectivity index (χ3n) is 3.09. The van der Waals surface area contributed by atoms with Gasteiger partial charge in [-0.05, 0) is 35.8 Å². The Morgan fingerprint density at radius 2 is 2.00 bits per heavy atom. The largest absolute Gasteiger partial charge is 0.478 e. The molecule has 1 aliphatic rings. The summed E-state index contributed by atoms with van der Waals surface area (Å²) in [5.74, 6) is -1.82. The van der Waals surface area contributed by atoms with Crippen molar-refractivity contribution in [2.75, 3.05) is 18.1 Å². The molecular weight excluding hydrogens is 274 g/mol. The molecule has 6 heteroatoms. The third kappa shape index (κ3) is 3.35. The molecule has 2 rings (SSSR count). The lowest BCUT2D eigenvalue weighted by Gasteiger charge is -2.27. The number of imide groups is 1. The van der Waals surface area contributed by atoms with Gasteiger partial charge in [-0.25, -0.2) is 9.69 Å². The molecule has 2 amide bonds. The van der Waals surface area contributed by atoms with Crippen molar-refractivity contribution in [3.8, 4) is 0 Å². The molecule has 0 saturated carbocycles. The number of carbonyl (C=O) groups is 3. The monoisotopic (exact) mass is 289 g/mol. The Kier molecular flexibility index (Phi) is 4.49. The number of aryl methyl sites for hydroxylation is 1. The van der Waals surface area contributed by atoms with E-state index in [0.29, 0.717) is 17.7 Å². The Balaban J connectivity index is 2.38. The number of hydrogen-bond donors (Lipinski definition) is 1. The van der Waals surface area contributed by atoms with Gasteiger partial charge < -0.3 is 9.84 Å². The van der Waals surface area contributed by atoms with Crippen LogP contribution in [-0.4, -0.2) is 36.1 Å². The van der Waals surface area contributed by atoms with Crippen LogP contribution in [0.4, 0.5) is 5.69 Å². The minimum atomic E-state index is -1.03. The van der Waals surface area contributed by atoms with Gasteiger partial charge in [0.1, 0.15) is 13.2 Å². The molecule has 1 aliphatic heterocycles. The van der Waals surface area contributed by atoms with Crippen LogP contribution in [0.15, 0.2) is 24.3 Å². The molecule has 1 N–H and O–H groups in total. The van der Waals surface area contributed by atoms with Gasteiger partial charge in [-0.3, -0.25) is 9.59 Å². The van der Waals surface area contributed by atoms with Crippen LogP contribution in [0, 0.1) is 0 Å². The number of nitrogens with zero attached hydrogens (tertiary/aromatic N) is 1. The van der Waals surface area contributed by atoms with Gasteiger partial charge in [-0.15, -0.1) is 0 Å². The summed E-state index contributed by atoms with van der Waals surface area (Å²) in [6.45, 7) is 1.67. The van der Waals surface area contributed by atoms with E-state index in [-0.39, 0.29) is 13.2 Å².